The van der Waals surface area contributed by atoms with Crippen molar-refractivity contribution in [3.05, 3.63) is 40.3 Å². The van der Waals surface area contributed by atoms with Crippen molar-refractivity contribution in [1.29, 1.82) is 0 Å². The molecular formula is C20H27NO4S. The van der Waals surface area contributed by atoms with Gasteiger partial charge in [-0.2, -0.15) is 0 Å². The van der Waals surface area contributed by atoms with Gasteiger partial charge in [-0.05, 0) is 25.3 Å². The molecule has 1 heterocycles. The lowest BCUT2D eigenvalue weighted by molar-refractivity contribution is -0.136. The molecule has 2 amide bonds. The number of thioether (sulfide) groups is 1. The highest BCUT2D eigenvalue weighted by Crippen LogP contribution is 2.36. The fourth-order valence-electron chi connectivity index (χ4n) is 2.69. The number of carbonyl (C=O) groups excluding carboxylic acids is 2. The topological polar surface area (TPSA) is 66.8 Å². The van der Waals surface area contributed by atoms with Gasteiger partial charge in [-0.15, -0.1) is 11.8 Å². The highest BCUT2D eigenvalue weighted by molar-refractivity contribution is 8.04. The molecule has 0 spiro atoms. The Labute approximate surface area is 159 Å². The number of aliphatic hydroxyl groups is 1. The van der Waals surface area contributed by atoms with Gasteiger partial charge in [0.15, 0.2) is 0 Å². The SMILES string of the molecule is CCCCOCCCN1C(=O)C(SCCO)=C(c2ccc(C)cc2)C1=O. The van der Waals surface area contributed by atoms with Crippen molar-refractivity contribution < 1.29 is 19.4 Å². The normalized spacial score (nSPS) is 14.7. The summed E-state index contributed by atoms with van der Waals surface area (Å²) in [5.41, 5.74) is 2.29. The van der Waals surface area contributed by atoms with Crippen LogP contribution in [0.15, 0.2) is 29.2 Å². The van der Waals surface area contributed by atoms with E-state index in [0.29, 0.717) is 42.4 Å². The minimum Gasteiger partial charge on any atom is -0.396 e. The number of hydrogen-bond donors (Lipinski definition) is 1. The summed E-state index contributed by atoms with van der Waals surface area (Å²) in [5.74, 6) is -0.136. The number of benzene rings is 1. The average Bonchev–Trinajstić information content (AvgIpc) is 2.87. The highest BCUT2D eigenvalue weighted by Gasteiger charge is 2.38. The molecule has 2 rings (SSSR count). The summed E-state index contributed by atoms with van der Waals surface area (Å²) in [4.78, 5) is 27.3. The smallest absolute Gasteiger partial charge is 0.267 e. The van der Waals surface area contributed by atoms with Crippen LogP contribution in [0.4, 0.5) is 0 Å². The van der Waals surface area contributed by atoms with Crippen LogP contribution in [0.5, 0.6) is 0 Å². The van der Waals surface area contributed by atoms with E-state index in [0.717, 1.165) is 24.0 Å². The maximum atomic E-state index is 12.9. The molecule has 1 aliphatic heterocycles. The van der Waals surface area contributed by atoms with E-state index in [1.807, 2.05) is 31.2 Å². The summed E-state index contributed by atoms with van der Waals surface area (Å²) in [6, 6.07) is 7.59. The Kier molecular flexibility index (Phi) is 8.35. The van der Waals surface area contributed by atoms with E-state index in [-0.39, 0.29) is 18.4 Å². The molecule has 1 N–H and O–H groups in total. The van der Waals surface area contributed by atoms with Gasteiger partial charge in [-0.1, -0.05) is 43.2 Å². The minimum atomic E-state index is -0.266. The first-order valence-corrected chi connectivity index (χ1v) is 10.1. The lowest BCUT2D eigenvalue weighted by Gasteiger charge is -2.15. The van der Waals surface area contributed by atoms with Gasteiger partial charge in [0.2, 0.25) is 0 Å². The Morgan fingerprint density at radius 2 is 1.77 bits per heavy atom. The molecule has 0 saturated carbocycles. The quantitative estimate of drug-likeness (QED) is 0.474. The van der Waals surface area contributed by atoms with Gasteiger partial charge in [-0.3, -0.25) is 14.5 Å². The largest absolute Gasteiger partial charge is 0.396 e. The van der Waals surface area contributed by atoms with E-state index in [9.17, 15) is 9.59 Å². The standard InChI is InChI=1S/C20H27NO4S/c1-3-4-12-25-13-5-10-21-19(23)17(16-8-6-15(2)7-9-16)18(20(21)24)26-14-11-22/h6-9,22H,3-5,10-14H2,1-2H3. The number of amides is 2. The molecule has 1 aliphatic rings. The summed E-state index contributed by atoms with van der Waals surface area (Å²) in [7, 11) is 0. The van der Waals surface area contributed by atoms with Gasteiger partial charge in [-0.25, -0.2) is 0 Å². The second kappa shape index (κ2) is 10.5. The van der Waals surface area contributed by atoms with E-state index in [1.54, 1.807) is 0 Å². The lowest BCUT2D eigenvalue weighted by Crippen LogP contribution is -2.33. The molecule has 0 aliphatic carbocycles. The Bertz CT molecular complexity index is 654. The number of ether oxygens (including phenoxy) is 1. The molecule has 0 radical (unpaired) electrons. The van der Waals surface area contributed by atoms with Crippen LogP contribution in [0.1, 0.15) is 37.3 Å². The van der Waals surface area contributed by atoms with E-state index < -0.39 is 0 Å². The molecule has 26 heavy (non-hydrogen) atoms. The van der Waals surface area contributed by atoms with E-state index in [2.05, 4.69) is 6.92 Å². The fourth-order valence-corrected chi connectivity index (χ4v) is 3.57. The van der Waals surface area contributed by atoms with Crippen molar-refractivity contribution in [2.75, 3.05) is 32.1 Å². The predicted octanol–water partition coefficient (Wildman–Crippen LogP) is 3.01. The molecular weight excluding hydrogens is 350 g/mol. The van der Waals surface area contributed by atoms with Crippen molar-refractivity contribution >= 4 is 29.1 Å². The second-order valence-electron chi connectivity index (χ2n) is 6.22. The van der Waals surface area contributed by atoms with Crippen LogP contribution in [-0.4, -0.2) is 53.9 Å². The Morgan fingerprint density at radius 3 is 2.42 bits per heavy atom. The molecule has 142 valence electrons. The molecule has 0 saturated heterocycles. The molecule has 0 unspecified atom stereocenters. The van der Waals surface area contributed by atoms with Crippen LogP contribution in [0.3, 0.4) is 0 Å². The number of rotatable bonds is 11. The minimum absolute atomic E-state index is 0.0396. The first kappa shape index (κ1) is 20.7. The number of aliphatic hydroxyl groups excluding tert-OH is 1. The molecule has 0 aromatic heterocycles. The number of imide groups is 1. The number of hydrogen-bond acceptors (Lipinski definition) is 5. The third-order valence-electron chi connectivity index (χ3n) is 4.12. The van der Waals surface area contributed by atoms with Gasteiger partial charge >= 0.3 is 0 Å². The van der Waals surface area contributed by atoms with E-state index in [4.69, 9.17) is 9.84 Å². The number of carbonyl (C=O) groups is 2. The second-order valence-corrected chi connectivity index (χ2v) is 7.33. The molecule has 1 aromatic rings. The zero-order valence-corrected chi connectivity index (χ0v) is 16.3. The lowest BCUT2D eigenvalue weighted by atomic mass is 10.0. The van der Waals surface area contributed by atoms with Crippen LogP contribution < -0.4 is 0 Å². The summed E-state index contributed by atoms with van der Waals surface area (Å²) in [5, 5.41) is 9.11. The number of nitrogens with zero attached hydrogens (tertiary/aromatic N) is 1. The van der Waals surface area contributed by atoms with Crippen molar-refractivity contribution in [3.63, 3.8) is 0 Å². The fraction of sp³-hybridized carbons (Fsp3) is 0.500. The van der Waals surface area contributed by atoms with Gasteiger partial charge in [0.25, 0.3) is 11.8 Å². The van der Waals surface area contributed by atoms with E-state index >= 15 is 0 Å². The Morgan fingerprint density at radius 1 is 1.08 bits per heavy atom. The third kappa shape index (κ3) is 5.19. The summed E-state index contributed by atoms with van der Waals surface area (Å²) in [6.07, 6.45) is 2.72. The predicted molar refractivity (Wildman–Crippen MR) is 105 cm³/mol. The van der Waals surface area contributed by atoms with Gasteiger partial charge in [0.1, 0.15) is 0 Å². The van der Waals surface area contributed by atoms with E-state index in [1.165, 1.54) is 16.7 Å². The van der Waals surface area contributed by atoms with Crippen LogP contribution in [0.25, 0.3) is 5.57 Å². The zero-order valence-electron chi connectivity index (χ0n) is 15.5. The summed E-state index contributed by atoms with van der Waals surface area (Å²) >= 11 is 1.24. The van der Waals surface area contributed by atoms with Crippen molar-refractivity contribution in [2.24, 2.45) is 0 Å². The number of unbranched alkanes of at least 4 members (excludes halogenated alkanes) is 1. The Balaban J connectivity index is 2.09. The molecule has 5 nitrogen and oxygen atoms in total. The maximum absolute atomic E-state index is 12.9. The van der Waals surface area contributed by atoms with Crippen LogP contribution in [0.2, 0.25) is 0 Å². The van der Waals surface area contributed by atoms with Crippen LogP contribution in [-0.2, 0) is 14.3 Å². The van der Waals surface area contributed by atoms with Crippen LogP contribution >= 0.6 is 11.8 Å². The molecule has 6 heteroatoms. The van der Waals surface area contributed by atoms with Crippen LogP contribution in [0, 0.1) is 6.92 Å². The monoisotopic (exact) mass is 377 g/mol. The van der Waals surface area contributed by atoms with Gasteiger partial charge in [0.05, 0.1) is 17.1 Å². The molecule has 0 atom stereocenters. The summed E-state index contributed by atoms with van der Waals surface area (Å²) < 4.78 is 5.52. The van der Waals surface area contributed by atoms with Gasteiger partial charge < -0.3 is 9.84 Å². The van der Waals surface area contributed by atoms with Crippen molar-refractivity contribution in [2.45, 2.75) is 33.1 Å². The third-order valence-corrected chi connectivity index (χ3v) is 5.17. The molecule has 0 fully saturated rings. The Hall–Kier alpha value is -1.63. The van der Waals surface area contributed by atoms with Crippen molar-refractivity contribution in [1.82, 2.24) is 4.90 Å². The highest BCUT2D eigenvalue weighted by atomic mass is 32.2. The average molecular weight is 378 g/mol. The summed E-state index contributed by atoms with van der Waals surface area (Å²) in [6.45, 7) is 5.64. The molecule has 0 bridgehead atoms. The van der Waals surface area contributed by atoms with Crippen molar-refractivity contribution in [3.8, 4) is 0 Å². The first-order chi connectivity index (χ1) is 12.6. The maximum Gasteiger partial charge on any atom is 0.267 e. The van der Waals surface area contributed by atoms with Gasteiger partial charge in [0, 0.05) is 25.5 Å². The first-order valence-electron chi connectivity index (χ1n) is 9.09. The zero-order chi connectivity index (χ0) is 18.9. The number of aryl methyl sites for hydroxylation is 1. The molecule has 1 aromatic carbocycles.